The SMILES string of the molecule is COc1ccc([N+](=O)[O-])cc1NC(=O)[C@@H]1CC(=O)N(c2ccc(C)c(C)c2)C1. The molecule has 146 valence electrons. The van der Waals surface area contributed by atoms with Crippen LogP contribution in [0.4, 0.5) is 17.1 Å². The number of nitro benzene ring substituents is 1. The lowest BCUT2D eigenvalue weighted by atomic mass is 10.1. The molecule has 28 heavy (non-hydrogen) atoms. The molecule has 1 heterocycles. The first kappa shape index (κ1) is 19.3. The van der Waals surface area contributed by atoms with Crippen molar-refractivity contribution >= 4 is 28.9 Å². The van der Waals surface area contributed by atoms with E-state index in [1.807, 2.05) is 32.0 Å². The summed E-state index contributed by atoms with van der Waals surface area (Å²) >= 11 is 0. The van der Waals surface area contributed by atoms with Crippen molar-refractivity contribution < 1.29 is 19.2 Å². The molecule has 1 atom stereocenters. The molecule has 0 saturated carbocycles. The van der Waals surface area contributed by atoms with Crippen molar-refractivity contribution in [2.24, 2.45) is 5.92 Å². The minimum absolute atomic E-state index is 0.0794. The van der Waals surface area contributed by atoms with Gasteiger partial charge in [0, 0.05) is 30.8 Å². The number of ether oxygens (including phenoxy) is 1. The van der Waals surface area contributed by atoms with E-state index in [9.17, 15) is 19.7 Å². The van der Waals surface area contributed by atoms with Crippen LogP contribution < -0.4 is 15.0 Å². The molecule has 0 bridgehead atoms. The fraction of sp³-hybridized carbons (Fsp3) is 0.300. The molecule has 1 N–H and O–H groups in total. The minimum Gasteiger partial charge on any atom is -0.495 e. The average molecular weight is 383 g/mol. The molecule has 2 aromatic rings. The summed E-state index contributed by atoms with van der Waals surface area (Å²) in [5, 5.41) is 13.7. The van der Waals surface area contributed by atoms with Crippen LogP contribution in [0.5, 0.6) is 5.75 Å². The number of benzene rings is 2. The largest absolute Gasteiger partial charge is 0.495 e. The molecule has 0 radical (unpaired) electrons. The summed E-state index contributed by atoms with van der Waals surface area (Å²) in [5.74, 6) is -0.750. The number of carbonyl (C=O) groups excluding carboxylic acids is 2. The zero-order valence-electron chi connectivity index (χ0n) is 15.9. The first-order valence-electron chi connectivity index (χ1n) is 8.81. The summed E-state index contributed by atoms with van der Waals surface area (Å²) in [6.45, 7) is 4.22. The highest BCUT2D eigenvalue weighted by molar-refractivity contribution is 6.04. The fourth-order valence-corrected chi connectivity index (χ4v) is 3.17. The van der Waals surface area contributed by atoms with Gasteiger partial charge in [-0.05, 0) is 43.2 Å². The highest BCUT2D eigenvalue weighted by atomic mass is 16.6. The van der Waals surface area contributed by atoms with Gasteiger partial charge in [0.2, 0.25) is 11.8 Å². The van der Waals surface area contributed by atoms with Crippen LogP contribution in [0.1, 0.15) is 17.5 Å². The first-order chi connectivity index (χ1) is 13.3. The molecule has 0 unspecified atom stereocenters. The van der Waals surface area contributed by atoms with Crippen LogP contribution in [0.3, 0.4) is 0 Å². The van der Waals surface area contributed by atoms with Crippen molar-refractivity contribution in [2.45, 2.75) is 20.3 Å². The Hall–Kier alpha value is -3.42. The quantitative estimate of drug-likeness (QED) is 0.631. The number of methoxy groups -OCH3 is 1. The number of amides is 2. The number of carbonyl (C=O) groups is 2. The molecular formula is C20H21N3O5. The molecule has 1 saturated heterocycles. The van der Waals surface area contributed by atoms with Gasteiger partial charge in [-0.2, -0.15) is 0 Å². The van der Waals surface area contributed by atoms with Gasteiger partial charge >= 0.3 is 0 Å². The number of nitro groups is 1. The lowest BCUT2D eigenvalue weighted by Gasteiger charge is -2.18. The lowest BCUT2D eigenvalue weighted by molar-refractivity contribution is -0.384. The standard InChI is InChI=1S/C20H21N3O5/c1-12-4-5-15(8-13(12)2)22-11-14(9-19(22)24)20(25)21-17-10-16(23(26)27)6-7-18(17)28-3/h4-8,10,14H,9,11H2,1-3H3,(H,21,25)/t14-/m1/s1. The lowest BCUT2D eigenvalue weighted by Crippen LogP contribution is -2.28. The summed E-state index contributed by atoms with van der Waals surface area (Å²) in [7, 11) is 1.41. The van der Waals surface area contributed by atoms with E-state index in [1.165, 1.54) is 25.3 Å². The Kier molecular flexibility index (Phi) is 5.30. The number of non-ortho nitro benzene ring substituents is 1. The number of nitrogens with one attached hydrogen (secondary N) is 1. The van der Waals surface area contributed by atoms with Gasteiger partial charge in [0.15, 0.2) is 0 Å². The fourth-order valence-electron chi connectivity index (χ4n) is 3.17. The molecule has 2 amide bonds. The predicted molar refractivity (Wildman–Crippen MR) is 105 cm³/mol. The summed E-state index contributed by atoms with van der Waals surface area (Å²) < 4.78 is 5.16. The Morgan fingerprint density at radius 1 is 1.21 bits per heavy atom. The number of anilines is 2. The van der Waals surface area contributed by atoms with E-state index in [1.54, 1.807) is 4.90 Å². The Morgan fingerprint density at radius 3 is 2.61 bits per heavy atom. The first-order valence-corrected chi connectivity index (χ1v) is 8.81. The number of rotatable bonds is 5. The maximum atomic E-state index is 12.7. The van der Waals surface area contributed by atoms with E-state index in [4.69, 9.17) is 4.74 Å². The van der Waals surface area contributed by atoms with Crippen molar-refractivity contribution in [3.63, 3.8) is 0 Å². The summed E-state index contributed by atoms with van der Waals surface area (Å²) in [6.07, 6.45) is 0.0794. The van der Waals surface area contributed by atoms with Gasteiger partial charge in [-0.25, -0.2) is 0 Å². The van der Waals surface area contributed by atoms with Crippen LogP contribution in [0.15, 0.2) is 36.4 Å². The van der Waals surface area contributed by atoms with E-state index in [0.29, 0.717) is 5.75 Å². The van der Waals surface area contributed by atoms with Crippen molar-refractivity contribution in [3.8, 4) is 5.75 Å². The maximum absolute atomic E-state index is 12.7. The molecule has 2 aromatic carbocycles. The van der Waals surface area contributed by atoms with Crippen molar-refractivity contribution in [1.29, 1.82) is 0 Å². The third-order valence-electron chi connectivity index (χ3n) is 4.95. The second-order valence-corrected chi connectivity index (χ2v) is 6.80. The Bertz CT molecular complexity index is 957. The van der Waals surface area contributed by atoms with Gasteiger partial charge in [-0.3, -0.25) is 19.7 Å². The van der Waals surface area contributed by atoms with E-state index >= 15 is 0 Å². The van der Waals surface area contributed by atoms with Gasteiger partial charge in [0.1, 0.15) is 5.75 Å². The molecule has 0 aromatic heterocycles. The molecule has 0 spiro atoms. The zero-order valence-corrected chi connectivity index (χ0v) is 15.9. The monoisotopic (exact) mass is 383 g/mol. The van der Waals surface area contributed by atoms with Gasteiger partial charge in [-0.1, -0.05) is 6.07 Å². The summed E-state index contributed by atoms with van der Waals surface area (Å²) in [5.41, 5.74) is 3.01. The third kappa shape index (κ3) is 3.80. The Labute approximate surface area is 162 Å². The molecule has 3 rings (SSSR count). The molecule has 1 aliphatic rings. The van der Waals surface area contributed by atoms with E-state index in [0.717, 1.165) is 16.8 Å². The molecule has 8 nitrogen and oxygen atoms in total. The summed E-state index contributed by atoms with van der Waals surface area (Å²) in [4.78, 5) is 37.2. The van der Waals surface area contributed by atoms with Gasteiger partial charge < -0.3 is 15.0 Å². The number of hydrogen-bond acceptors (Lipinski definition) is 5. The van der Waals surface area contributed by atoms with Crippen LogP contribution in [0, 0.1) is 29.9 Å². The predicted octanol–water partition coefficient (Wildman–Crippen LogP) is 3.21. The smallest absolute Gasteiger partial charge is 0.271 e. The van der Waals surface area contributed by atoms with Crippen molar-refractivity contribution in [3.05, 3.63) is 57.6 Å². The normalized spacial score (nSPS) is 16.2. The van der Waals surface area contributed by atoms with E-state index in [2.05, 4.69) is 5.32 Å². The highest BCUT2D eigenvalue weighted by Gasteiger charge is 2.35. The Balaban J connectivity index is 1.77. The minimum atomic E-state index is -0.557. The van der Waals surface area contributed by atoms with E-state index < -0.39 is 10.8 Å². The molecule has 8 heteroatoms. The zero-order chi connectivity index (χ0) is 20.4. The highest BCUT2D eigenvalue weighted by Crippen LogP contribution is 2.31. The second kappa shape index (κ2) is 7.67. The molecule has 1 aliphatic heterocycles. The number of hydrogen-bond donors (Lipinski definition) is 1. The van der Waals surface area contributed by atoms with Gasteiger partial charge in [0.25, 0.3) is 5.69 Å². The van der Waals surface area contributed by atoms with Crippen LogP contribution >= 0.6 is 0 Å². The van der Waals surface area contributed by atoms with Crippen molar-refractivity contribution in [1.82, 2.24) is 0 Å². The van der Waals surface area contributed by atoms with Crippen LogP contribution in [-0.4, -0.2) is 30.4 Å². The van der Waals surface area contributed by atoms with Gasteiger partial charge in [-0.15, -0.1) is 0 Å². The molecular weight excluding hydrogens is 362 g/mol. The van der Waals surface area contributed by atoms with Crippen molar-refractivity contribution in [2.75, 3.05) is 23.9 Å². The van der Waals surface area contributed by atoms with Crippen LogP contribution in [0.2, 0.25) is 0 Å². The third-order valence-corrected chi connectivity index (χ3v) is 4.95. The maximum Gasteiger partial charge on any atom is 0.271 e. The summed E-state index contributed by atoms with van der Waals surface area (Å²) in [6, 6.07) is 9.71. The van der Waals surface area contributed by atoms with Gasteiger partial charge in [0.05, 0.1) is 23.6 Å². The molecule has 1 fully saturated rings. The average Bonchev–Trinajstić information content (AvgIpc) is 3.05. The number of nitrogens with zero attached hydrogens (tertiary/aromatic N) is 2. The van der Waals surface area contributed by atoms with Crippen LogP contribution in [-0.2, 0) is 9.59 Å². The van der Waals surface area contributed by atoms with Crippen LogP contribution in [0.25, 0.3) is 0 Å². The van der Waals surface area contributed by atoms with E-state index in [-0.39, 0.29) is 36.2 Å². The second-order valence-electron chi connectivity index (χ2n) is 6.80. The number of aryl methyl sites for hydroxylation is 2. The molecule has 0 aliphatic carbocycles. The topological polar surface area (TPSA) is 102 Å². The Morgan fingerprint density at radius 2 is 1.96 bits per heavy atom.